The average Bonchev–Trinajstić information content (AvgIpc) is 2.44. The Hall–Kier alpha value is 0.160. The van der Waals surface area contributed by atoms with Crippen LogP contribution in [0.4, 0.5) is 0 Å². The number of unbranched alkanes of at least 4 members (excludes halogenated alkanes) is 1. The molecule has 1 saturated heterocycles. The summed E-state index contributed by atoms with van der Waals surface area (Å²) in [6.45, 7) is 11.8. The molecule has 132 valence electrons. The Morgan fingerprint density at radius 1 is 1.23 bits per heavy atom. The number of quaternary nitrogens is 1. The van der Waals surface area contributed by atoms with Crippen LogP contribution in [0, 0.1) is 5.92 Å². The van der Waals surface area contributed by atoms with Gasteiger partial charge < -0.3 is 33.2 Å². The molecule has 2 atom stereocenters. The number of rotatable bonds is 8. The first kappa shape index (κ1) is 22.2. The van der Waals surface area contributed by atoms with Crippen LogP contribution in [0.5, 0.6) is 0 Å². The van der Waals surface area contributed by atoms with Gasteiger partial charge in [0.1, 0.15) is 6.54 Å². The summed E-state index contributed by atoms with van der Waals surface area (Å²) >= 11 is 0. The Labute approximate surface area is 154 Å². The number of esters is 1. The molecule has 1 aliphatic rings. The number of piperidine rings is 1. The monoisotopic (exact) mass is 425 g/mol. The topological polar surface area (TPSA) is 26.3 Å². The zero-order valence-corrected chi connectivity index (χ0v) is 17.4. The molecule has 1 rings (SSSR count). The summed E-state index contributed by atoms with van der Waals surface area (Å²) in [4.78, 5) is 12.3. The van der Waals surface area contributed by atoms with Crippen molar-refractivity contribution in [2.75, 3.05) is 26.7 Å². The van der Waals surface area contributed by atoms with E-state index >= 15 is 0 Å². The number of carbonyl (C=O) groups is 1. The number of likely N-dealkylation sites (N-methyl/N-ethyl adjacent to an activating group) is 1. The van der Waals surface area contributed by atoms with Gasteiger partial charge in [0.2, 0.25) is 0 Å². The van der Waals surface area contributed by atoms with Crippen LogP contribution in [0.1, 0.15) is 72.6 Å². The summed E-state index contributed by atoms with van der Waals surface area (Å²) in [5.41, 5.74) is -0.316. The molecule has 0 aromatic heterocycles. The summed E-state index contributed by atoms with van der Waals surface area (Å²) in [6, 6.07) is 0. The van der Waals surface area contributed by atoms with Crippen LogP contribution in [0.2, 0.25) is 0 Å². The molecule has 0 radical (unpaired) electrons. The van der Waals surface area contributed by atoms with Gasteiger partial charge >= 0.3 is 5.97 Å². The van der Waals surface area contributed by atoms with Crippen molar-refractivity contribution in [1.29, 1.82) is 0 Å². The Kier molecular flexibility index (Phi) is 10.2. The van der Waals surface area contributed by atoms with Crippen LogP contribution in [-0.4, -0.2) is 42.7 Å². The van der Waals surface area contributed by atoms with Crippen LogP contribution >= 0.6 is 0 Å². The van der Waals surface area contributed by atoms with Gasteiger partial charge in [0.25, 0.3) is 0 Å². The molecule has 0 amide bonds. The zero-order chi connectivity index (χ0) is 15.9. The second-order valence-electron chi connectivity index (χ2n) is 7.55. The second-order valence-corrected chi connectivity index (χ2v) is 7.55. The minimum Gasteiger partial charge on any atom is -1.00 e. The molecular formula is C18H36INO2. The molecule has 22 heavy (non-hydrogen) atoms. The number of halogens is 1. The molecule has 0 aliphatic carbocycles. The van der Waals surface area contributed by atoms with Crippen LogP contribution in [-0.2, 0) is 9.53 Å². The van der Waals surface area contributed by atoms with Crippen molar-refractivity contribution in [2.45, 2.75) is 78.2 Å². The molecule has 1 heterocycles. The van der Waals surface area contributed by atoms with Crippen LogP contribution in [0.25, 0.3) is 0 Å². The van der Waals surface area contributed by atoms with Crippen molar-refractivity contribution >= 4 is 5.97 Å². The standard InChI is InChI=1S/C18H36NO2.HI/c1-6-8-12-16(3)17(20)21-18(4,7-2)15-19(5)13-10-9-11-14-19;/h16H,6-15H2,1-5H3;1H/q+1;/p-1. The second kappa shape index (κ2) is 10.1. The van der Waals surface area contributed by atoms with E-state index in [-0.39, 0.29) is 41.5 Å². The van der Waals surface area contributed by atoms with E-state index in [4.69, 9.17) is 4.74 Å². The van der Waals surface area contributed by atoms with E-state index in [1.807, 2.05) is 6.92 Å². The first-order valence-corrected chi connectivity index (χ1v) is 8.90. The summed E-state index contributed by atoms with van der Waals surface area (Å²) in [5.74, 6) is 0.0268. The van der Waals surface area contributed by atoms with E-state index in [1.54, 1.807) is 0 Å². The van der Waals surface area contributed by atoms with Crippen molar-refractivity contribution in [2.24, 2.45) is 5.92 Å². The summed E-state index contributed by atoms with van der Waals surface area (Å²) < 4.78 is 7.02. The highest BCUT2D eigenvalue weighted by Crippen LogP contribution is 2.26. The summed E-state index contributed by atoms with van der Waals surface area (Å²) in [7, 11) is 2.32. The first-order valence-electron chi connectivity index (χ1n) is 8.90. The predicted octanol–water partition coefficient (Wildman–Crippen LogP) is 1.16. The van der Waals surface area contributed by atoms with Gasteiger partial charge in [0, 0.05) is 0 Å². The van der Waals surface area contributed by atoms with Crippen molar-refractivity contribution in [3.05, 3.63) is 0 Å². The third-order valence-corrected chi connectivity index (χ3v) is 5.10. The predicted molar refractivity (Wildman–Crippen MR) is 88.1 cm³/mol. The van der Waals surface area contributed by atoms with E-state index in [1.165, 1.54) is 32.4 Å². The highest BCUT2D eigenvalue weighted by atomic mass is 127. The quantitative estimate of drug-likeness (QED) is 0.332. The molecule has 2 unspecified atom stereocenters. The Morgan fingerprint density at radius 3 is 2.32 bits per heavy atom. The molecule has 1 fully saturated rings. The van der Waals surface area contributed by atoms with Gasteiger partial charge in [0.05, 0.1) is 26.1 Å². The fourth-order valence-electron chi connectivity index (χ4n) is 3.43. The van der Waals surface area contributed by atoms with E-state index in [0.717, 1.165) is 36.7 Å². The van der Waals surface area contributed by atoms with Gasteiger partial charge in [-0.05, 0) is 39.0 Å². The van der Waals surface area contributed by atoms with E-state index in [2.05, 4.69) is 27.8 Å². The van der Waals surface area contributed by atoms with Gasteiger partial charge in [0.15, 0.2) is 5.60 Å². The number of hydrogen-bond acceptors (Lipinski definition) is 2. The molecule has 0 N–H and O–H groups in total. The maximum atomic E-state index is 12.3. The maximum absolute atomic E-state index is 12.3. The molecule has 0 spiro atoms. The van der Waals surface area contributed by atoms with Gasteiger partial charge in [-0.1, -0.05) is 33.6 Å². The lowest BCUT2D eigenvalue weighted by Gasteiger charge is -2.43. The van der Waals surface area contributed by atoms with Gasteiger partial charge in [-0.25, -0.2) is 0 Å². The number of likely N-dealkylation sites (tertiary alicyclic amines) is 1. The third kappa shape index (κ3) is 7.16. The minimum atomic E-state index is -0.316. The fourth-order valence-corrected chi connectivity index (χ4v) is 3.43. The first-order chi connectivity index (χ1) is 9.84. The van der Waals surface area contributed by atoms with Crippen LogP contribution in [0.15, 0.2) is 0 Å². The maximum Gasteiger partial charge on any atom is 0.309 e. The SMILES string of the molecule is CCCCC(C)C(=O)OC(C)(CC)C[N+]1(C)CCCCC1.[I-]. The number of carbonyl (C=O) groups excluding carboxylic acids is 1. The van der Waals surface area contributed by atoms with Gasteiger partial charge in [-0.3, -0.25) is 4.79 Å². The Morgan fingerprint density at radius 2 is 1.82 bits per heavy atom. The molecule has 0 aromatic carbocycles. The average molecular weight is 425 g/mol. The van der Waals surface area contributed by atoms with Crippen molar-refractivity contribution < 1.29 is 38.0 Å². The molecule has 0 bridgehead atoms. The van der Waals surface area contributed by atoms with Crippen molar-refractivity contribution in [1.82, 2.24) is 0 Å². The largest absolute Gasteiger partial charge is 1.00 e. The third-order valence-electron chi connectivity index (χ3n) is 5.10. The van der Waals surface area contributed by atoms with Crippen molar-refractivity contribution in [3.8, 4) is 0 Å². The minimum absolute atomic E-state index is 0. The highest BCUT2D eigenvalue weighted by Gasteiger charge is 2.38. The normalized spacial score (nSPS) is 21.3. The summed E-state index contributed by atoms with van der Waals surface area (Å²) in [6.07, 6.45) is 8.04. The fraction of sp³-hybridized carbons (Fsp3) is 0.944. The van der Waals surface area contributed by atoms with Gasteiger partial charge in [-0.2, -0.15) is 0 Å². The lowest BCUT2D eigenvalue weighted by Crippen LogP contribution is -3.00. The van der Waals surface area contributed by atoms with E-state index < -0.39 is 0 Å². The van der Waals surface area contributed by atoms with Gasteiger partial charge in [-0.15, -0.1) is 0 Å². The highest BCUT2D eigenvalue weighted by molar-refractivity contribution is 5.72. The molecule has 0 aromatic rings. The molecular weight excluding hydrogens is 389 g/mol. The van der Waals surface area contributed by atoms with Crippen molar-refractivity contribution in [3.63, 3.8) is 0 Å². The number of hydrogen-bond donors (Lipinski definition) is 0. The van der Waals surface area contributed by atoms with E-state index in [9.17, 15) is 4.79 Å². The lowest BCUT2D eigenvalue weighted by atomic mass is 9.97. The smallest absolute Gasteiger partial charge is 0.309 e. The van der Waals surface area contributed by atoms with Crippen LogP contribution < -0.4 is 24.0 Å². The van der Waals surface area contributed by atoms with Crippen LogP contribution in [0.3, 0.4) is 0 Å². The molecule has 4 heteroatoms. The molecule has 0 saturated carbocycles. The number of ether oxygens (including phenoxy) is 1. The Bertz CT molecular complexity index is 329. The number of nitrogens with zero attached hydrogens (tertiary/aromatic N) is 1. The molecule has 3 nitrogen and oxygen atoms in total. The Balaban J connectivity index is 0.00000441. The zero-order valence-electron chi connectivity index (χ0n) is 15.3. The lowest BCUT2D eigenvalue weighted by molar-refractivity contribution is -0.919. The summed E-state index contributed by atoms with van der Waals surface area (Å²) in [5, 5.41) is 0. The molecule has 1 aliphatic heterocycles. The van der Waals surface area contributed by atoms with E-state index in [0.29, 0.717) is 0 Å².